The summed E-state index contributed by atoms with van der Waals surface area (Å²) in [5.41, 5.74) is 2.13. The van der Waals surface area contributed by atoms with E-state index in [0.29, 0.717) is 37.6 Å². The average molecular weight is 438 g/mol. The molecular formula is C26H31NO5. The van der Waals surface area contributed by atoms with Crippen molar-refractivity contribution in [3.8, 4) is 11.5 Å². The fourth-order valence-electron chi connectivity index (χ4n) is 3.95. The second-order valence-corrected chi connectivity index (χ2v) is 8.02. The van der Waals surface area contributed by atoms with Gasteiger partial charge in [-0.2, -0.15) is 0 Å². The zero-order valence-electron chi connectivity index (χ0n) is 19.0. The third kappa shape index (κ3) is 5.90. The average Bonchev–Trinajstić information content (AvgIpc) is 3.26. The lowest BCUT2D eigenvalue weighted by molar-refractivity contribution is -0.152. The van der Waals surface area contributed by atoms with Crippen LogP contribution < -0.4 is 14.8 Å². The highest BCUT2D eigenvalue weighted by atomic mass is 16.5. The molecule has 1 aliphatic rings. The van der Waals surface area contributed by atoms with Crippen molar-refractivity contribution in [1.29, 1.82) is 0 Å². The zero-order chi connectivity index (χ0) is 23.0. The second kappa shape index (κ2) is 10.8. The topological polar surface area (TPSA) is 73.9 Å². The van der Waals surface area contributed by atoms with Gasteiger partial charge in [-0.25, -0.2) is 4.79 Å². The van der Waals surface area contributed by atoms with Crippen LogP contribution in [0, 0.1) is 6.92 Å². The molecule has 0 saturated heterocycles. The van der Waals surface area contributed by atoms with Crippen LogP contribution in [-0.4, -0.2) is 31.1 Å². The quantitative estimate of drug-likeness (QED) is 0.459. The number of methoxy groups -OCH3 is 1. The highest BCUT2D eigenvalue weighted by molar-refractivity contribution is 5.96. The molecule has 0 radical (unpaired) electrons. The molecule has 2 aromatic rings. The molecule has 1 aliphatic carbocycles. The van der Waals surface area contributed by atoms with E-state index < -0.39 is 5.54 Å². The Morgan fingerprint density at radius 3 is 2.56 bits per heavy atom. The largest absolute Gasteiger partial charge is 0.493 e. The van der Waals surface area contributed by atoms with Gasteiger partial charge in [-0.15, -0.1) is 0 Å². The van der Waals surface area contributed by atoms with Crippen LogP contribution in [0.1, 0.15) is 49.3 Å². The van der Waals surface area contributed by atoms with Crippen LogP contribution in [-0.2, 0) is 20.9 Å². The maximum atomic E-state index is 12.5. The minimum Gasteiger partial charge on any atom is -0.493 e. The minimum atomic E-state index is -0.914. The smallest absolute Gasteiger partial charge is 0.331 e. The van der Waals surface area contributed by atoms with E-state index in [-0.39, 0.29) is 11.9 Å². The Morgan fingerprint density at radius 1 is 1.09 bits per heavy atom. The number of hydrogen-bond donors (Lipinski definition) is 1. The van der Waals surface area contributed by atoms with E-state index >= 15 is 0 Å². The Kier molecular flexibility index (Phi) is 7.92. The fraction of sp³-hybridized carbons (Fsp3) is 0.385. The van der Waals surface area contributed by atoms with Crippen LogP contribution in [0.25, 0.3) is 6.08 Å². The zero-order valence-corrected chi connectivity index (χ0v) is 19.0. The summed E-state index contributed by atoms with van der Waals surface area (Å²) in [4.78, 5) is 24.9. The summed E-state index contributed by atoms with van der Waals surface area (Å²) in [6, 6.07) is 13.6. The number of rotatable bonds is 9. The van der Waals surface area contributed by atoms with Crippen molar-refractivity contribution in [1.82, 2.24) is 5.32 Å². The fourth-order valence-corrected chi connectivity index (χ4v) is 3.95. The van der Waals surface area contributed by atoms with Crippen molar-refractivity contribution in [3.63, 3.8) is 0 Å². The molecule has 32 heavy (non-hydrogen) atoms. The molecule has 6 heteroatoms. The highest BCUT2D eigenvalue weighted by Gasteiger charge is 2.43. The van der Waals surface area contributed by atoms with Crippen LogP contribution in [0.4, 0.5) is 0 Å². The number of aryl methyl sites for hydroxylation is 1. The van der Waals surface area contributed by atoms with Gasteiger partial charge >= 0.3 is 5.97 Å². The molecule has 170 valence electrons. The van der Waals surface area contributed by atoms with E-state index in [0.717, 1.165) is 24.0 Å². The van der Waals surface area contributed by atoms with E-state index in [1.165, 1.54) is 11.6 Å². The molecule has 0 atom stereocenters. The predicted octanol–water partition coefficient (Wildman–Crippen LogP) is 4.59. The summed E-state index contributed by atoms with van der Waals surface area (Å²) < 4.78 is 16.6. The Hall–Kier alpha value is -3.28. The first kappa shape index (κ1) is 23.4. The van der Waals surface area contributed by atoms with Gasteiger partial charge in [0.2, 0.25) is 5.91 Å². The summed E-state index contributed by atoms with van der Waals surface area (Å²) in [5, 5.41) is 2.87. The van der Waals surface area contributed by atoms with Crippen LogP contribution in [0.2, 0.25) is 0 Å². The molecule has 1 N–H and O–H groups in total. The van der Waals surface area contributed by atoms with Crippen molar-refractivity contribution in [2.45, 2.75) is 51.7 Å². The molecule has 6 nitrogen and oxygen atoms in total. The van der Waals surface area contributed by atoms with Crippen molar-refractivity contribution >= 4 is 18.0 Å². The van der Waals surface area contributed by atoms with Crippen molar-refractivity contribution in [3.05, 3.63) is 65.2 Å². The van der Waals surface area contributed by atoms with Crippen LogP contribution in [0.15, 0.2) is 48.5 Å². The Bertz CT molecular complexity index is 976. The first-order chi connectivity index (χ1) is 15.5. The second-order valence-electron chi connectivity index (χ2n) is 8.02. The third-order valence-corrected chi connectivity index (χ3v) is 5.58. The first-order valence-electron chi connectivity index (χ1n) is 11.0. The molecule has 1 fully saturated rings. The normalized spacial score (nSPS) is 14.8. The molecule has 0 bridgehead atoms. The number of nitrogens with one attached hydrogen (secondary N) is 1. The van der Waals surface area contributed by atoms with Gasteiger partial charge in [-0.1, -0.05) is 48.7 Å². The molecule has 1 saturated carbocycles. The summed E-state index contributed by atoms with van der Waals surface area (Å²) in [6.07, 6.45) is 6.11. The summed E-state index contributed by atoms with van der Waals surface area (Å²) in [6.45, 7) is 4.54. The summed E-state index contributed by atoms with van der Waals surface area (Å²) in [7, 11) is 1.58. The predicted molar refractivity (Wildman–Crippen MR) is 124 cm³/mol. The Labute approximate surface area is 189 Å². The molecule has 0 spiro atoms. The standard InChI is InChI=1S/C26H31NO5/c1-4-31-25(29)26(14-5-6-15-26)27-24(28)13-11-20-10-12-22(23(17-20)30-3)32-18-21-9-7-8-19(2)16-21/h7-13,16-17H,4-6,14-15,18H2,1-3H3,(H,27,28)/b13-11+. The number of ether oxygens (including phenoxy) is 3. The lowest BCUT2D eigenvalue weighted by Crippen LogP contribution is -2.52. The van der Waals surface area contributed by atoms with Crippen LogP contribution in [0.5, 0.6) is 11.5 Å². The van der Waals surface area contributed by atoms with E-state index in [1.54, 1.807) is 20.1 Å². The number of amides is 1. The van der Waals surface area contributed by atoms with Crippen molar-refractivity contribution in [2.24, 2.45) is 0 Å². The molecule has 0 aliphatic heterocycles. The summed E-state index contributed by atoms with van der Waals surface area (Å²) in [5.74, 6) is 0.538. The van der Waals surface area contributed by atoms with Gasteiger partial charge in [-0.05, 0) is 56.0 Å². The van der Waals surface area contributed by atoms with Gasteiger partial charge in [0.05, 0.1) is 13.7 Å². The number of hydrogen-bond acceptors (Lipinski definition) is 5. The lowest BCUT2D eigenvalue weighted by atomic mass is 9.97. The van der Waals surface area contributed by atoms with Gasteiger partial charge in [0.25, 0.3) is 0 Å². The van der Waals surface area contributed by atoms with Crippen LogP contribution in [0.3, 0.4) is 0 Å². The molecule has 0 aromatic heterocycles. The monoisotopic (exact) mass is 437 g/mol. The molecule has 0 heterocycles. The van der Waals surface area contributed by atoms with E-state index in [9.17, 15) is 9.59 Å². The Morgan fingerprint density at radius 2 is 1.88 bits per heavy atom. The number of benzene rings is 2. The number of esters is 1. The minimum absolute atomic E-state index is 0.296. The molecule has 2 aromatic carbocycles. The highest BCUT2D eigenvalue weighted by Crippen LogP contribution is 2.31. The number of carbonyl (C=O) groups excluding carboxylic acids is 2. The van der Waals surface area contributed by atoms with E-state index in [1.807, 2.05) is 43.3 Å². The molecule has 1 amide bonds. The van der Waals surface area contributed by atoms with Gasteiger partial charge in [-0.3, -0.25) is 4.79 Å². The maximum Gasteiger partial charge on any atom is 0.331 e. The molecule has 0 unspecified atom stereocenters. The van der Waals surface area contributed by atoms with Gasteiger partial charge in [0.15, 0.2) is 11.5 Å². The van der Waals surface area contributed by atoms with E-state index in [4.69, 9.17) is 14.2 Å². The maximum absolute atomic E-state index is 12.5. The van der Waals surface area contributed by atoms with Gasteiger partial charge < -0.3 is 19.5 Å². The number of carbonyl (C=O) groups is 2. The lowest BCUT2D eigenvalue weighted by Gasteiger charge is -2.27. The van der Waals surface area contributed by atoms with E-state index in [2.05, 4.69) is 11.4 Å². The summed E-state index contributed by atoms with van der Waals surface area (Å²) >= 11 is 0. The van der Waals surface area contributed by atoms with Gasteiger partial charge in [0, 0.05) is 6.08 Å². The third-order valence-electron chi connectivity index (χ3n) is 5.58. The molecular weight excluding hydrogens is 406 g/mol. The molecule has 3 rings (SSSR count). The van der Waals surface area contributed by atoms with Crippen LogP contribution >= 0.6 is 0 Å². The first-order valence-corrected chi connectivity index (χ1v) is 11.0. The van der Waals surface area contributed by atoms with Gasteiger partial charge in [0.1, 0.15) is 12.1 Å². The van der Waals surface area contributed by atoms with Crippen molar-refractivity contribution < 1.29 is 23.8 Å². The Balaban J connectivity index is 1.65. The van der Waals surface area contributed by atoms with Crippen molar-refractivity contribution in [2.75, 3.05) is 13.7 Å². The SMILES string of the molecule is CCOC(=O)C1(NC(=O)/C=C/c2ccc(OCc3cccc(C)c3)c(OC)c2)CCCC1.